The Labute approximate surface area is 189 Å². The fourth-order valence-corrected chi connectivity index (χ4v) is 3.40. The van der Waals surface area contributed by atoms with Crippen LogP contribution in [0, 0.1) is 6.92 Å². The molecule has 0 amide bonds. The zero-order valence-electron chi connectivity index (χ0n) is 17.8. The summed E-state index contributed by atoms with van der Waals surface area (Å²) >= 11 is 0. The van der Waals surface area contributed by atoms with Crippen molar-refractivity contribution in [3.63, 3.8) is 0 Å². The van der Waals surface area contributed by atoms with Crippen LogP contribution in [0.3, 0.4) is 0 Å². The van der Waals surface area contributed by atoms with Gasteiger partial charge in [0, 0.05) is 10.9 Å². The summed E-state index contributed by atoms with van der Waals surface area (Å²) in [5.74, 6) is 4.80. The molecule has 2 aromatic heterocycles. The SMILES string of the molecule is Cc1cccc2c(C(C=NCc3cccc(-c4ccc(C(=O)O)cc4)n3)=NN)nc(N)nc12. The molecular weight excluding hydrogens is 418 g/mol. The standard InChI is InChI=1S/C24H21N7O2/c1-14-4-2-6-18-21(14)29-24(25)30-22(18)20(31-26)13-27-12-17-5-3-7-19(28-17)15-8-10-16(11-9-15)23(32)33/h2-11,13H,12,26H2,1H3,(H,32,33)(H2,25,29,30). The minimum Gasteiger partial charge on any atom is -0.478 e. The molecule has 2 heterocycles. The Kier molecular flexibility index (Phi) is 6.03. The number of hydrogen-bond donors (Lipinski definition) is 3. The van der Waals surface area contributed by atoms with E-state index in [4.69, 9.17) is 16.7 Å². The van der Waals surface area contributed by atoms with E-state index in [1.807, 2.05) is 43.3 Å². The lowest BCUT2D eigenvalue weighted by Crippen LogP contribution is -2.12. The molecule has 5 N–H and O–H groups in total. The highest BCUT2D eigenvalue weighted by Crippen LogP contribution is 2.21. The molecule has 0 bridgehead atoms. The van der Waals surface area contributed by atoms with Gasteiger partial charge in [0.25, 0.3) is 0 Å². The normalized spacial score (nSPS) is 11.8. The molecule has 0 fully saturated rings. The Morgan fingerprint density at radius 2 is 1.79 bits per heavy atom. The topological polar surface area (TPSA) is 153 Å². The fourth-order valence-electron chi connectivity index (χ4n) is 3.40. The van der Waals surface area contributed by atoms with Crippen molar-refractivity contribution in [2.45, 2.75) is 13.5 Å². The van der Waals surface area contributed by atoms with Gasteiger partial charge in [0.05, 0.1) is 35.2 Å². The number of nitrogens with zero attached hydrogens (tertiary/aromatic N) is 5. The smallest absolute Gasteiger partial charge is 0.335 e. The van der Waals surface area contributed by atoms with Crippen LogP contribution in [0.15, 0.2) is 70.8 Å². The highest BCUT2D eigenvalue weighted by atomic mass is 16.4. The average molecular weight is 439 g/mol. The fraction of sp³-hybridized carbons (Fsp3) is 0.0833. The highest BCUT2D eigenvalue weighted by Gasteiger charge is 2.12. The molecule has 0 unspecified atom stereocenters. The number of anilines is 1. The zero-order chi connectivity index (χ0) is 23.4. The average Bonchev–Trinajstić information content (AvgIpc) is 2.82. The number of para-hydroxylation sites is 1. The molecule has 4 aromatic rings. The van der Waals surface area contributed by atoms with E-state index in [1.54, 1.807) is 30.5 Å². The number of fused-ring (bicyclic) bond motifs is 1. The first-order chi connectivity index (χ1) is 16.0. The molecule has 0 spiro atoms. The number of aryl methyl sites for hydroxylation is 1. The Balaban J connectivity index is 1.57. The molecule has 164 valence electrons. The summed E-state index contributed by atoms with van der Waals surface area (Å²) in [6.07, 6.45) is 1.54. The number of hydrogen-bond acceptors (Lipinski definition) is 8. The van der Waals surface area contributed by atoms with Crippen molar-refractivity contribution in [1.82, 2.24) is 15.0 Å². The summed E-state index contributed by atoms with van der Waals surface area (Å²) in [5, 5.41) is 13.7. The molecule has 0 saturated heterocycles. The Bertz CT molecular complexity index is 1400. The summed E-state index contributed by atoms with van der Waals surface area (Å²) in [5.41, 5.74) is 11.0. The van der Waals surface area contributed by atoms with Crippen LogP contribution in [-0.4, -0.2) is 38.0 Å². The van der Waals surface area contributed by atoms with E-state index in [-0.39, 0.29) is 18.1 Å². The van der Waals surface area contributed by atoms with Gasteiger partial charge in [0.15, 0.2) is 0 Å². The first-order valence-electron chi connectivity index (χ1n) is 10.1. The number of aromatic carboxylic acids is 1. The monoisotopic (exact) mass is 439 g/mol. The van der Waals surface area contributed by atoms with E-state index in [9.17, 15) is 4.79 Å². The number of benzene rings is 2. The maximum atomic E-state index is 11.0. The van der Waals surface area contributed by atoms with E-state index in [1.165, 1.54) is 0 Å². The van der Waals surface area contributed by atoms with E-state index < -0.39 is 5.97 Å². The number of rotatable bonds is 6. The van der Waals surface area contributed by atoms with E-state index in [0.29, 0.717) is 11.4 Å². The maximum Gasteiger partial charge on any atom is 0.335 e. The van der Waals surface area contributed by atoms with Crippen molar-refractivity contribution >= 4 is 34.7 Å². The summed E-state index contributed by atoms with van der Waals surface area (Å²) < 4.78 is 0. The van der Waals surface area contributed by atoms with Crippen molar-refractivity contribution in [3.8, 4) is 11.3 Å². The molecule has 9 heteroatoms. The third kappa shape index (κ3) is 4.67. The molecule has 0 radical (unpaired) electrons. The number of aromatic nitrogens is 3. The molecule has 0 aliphatic carbocycles. The van der Waals surface area contributed by atoms with Crippen LogP contribution in [0.25, 0.3) is 22.2 Å². The number of pyridine rings is 1. The van der Waals surface area contributed by atoms with Gasteiger partial charge in [0.2, 0.25) is 5.95 Å². The van der Waals surface area contributed by atoms with Crippen LogP contribution in [0.4, 0.5) is 5.95 Å². The van der Waals surface area contributed by atoms with Crippen LogP contribution in [0.2, 0.25) is 0 Å². The van der Waals surface area contributed by atoms with Gasteiger partial charge in [-0.3, -0.25) is 9.98 Å². The zero-order valence-corrected chi connectivity index (χ0v) is 17.8. The van der Waals surface area contributed by atoms with E-state index in [2.05, 4.69) is 25.0 Å². The molecule has 4 rings (SSSR count). The lowest BCUT2D eigenvalue weighted by molar-refractivity contribution is 0.0697. The summed E-state index contributed by atoms with van der Waals surface area (Å²) in [6, 6.07) is 17.9. The number of carbonyl (C=O) groups is 1. The van der Waals surface area contributed by atoms with Crippen LogP contribution in [0.1, 0.15) is 27.3 Å². The maximum absolute atomic E-state index is 11.0. The van der Waals surface area contributed by atoms with Gasteiger partial charge in [-0.25, -0.2) is 14.8 Å². The number of aliphatic imine (C=N–C) groups is 1. The van der Waals surface area contributed by atoms with Crippen molar-refractivity contribution in [1.29, 1.82) is 0 Å². The van der Waals surface area contributed by atoms with E-state index in [0.717, 1.165) is 33.4 Å². The first kappa shape index (κ1) is 21.6. The predicted octanol–water partition coefficient (Wildman–Crippen LogP) is 3.21. The van der Waals surface area contributed by atoms with Crippen LogP contribution < -0.4 is 11.6 Å². The molecule has 0 saturated carbocycles. The molecule has 33 heavy (non-hydrogen) atoms. The first-order valence-corrected chi connectivity index (χ1v) is 10.1. The van der Waals surface area contributed by atoms with Crippen molar-refractivity contribution in [2.24, 2.45) is 15.9 Å². The van der Waals surface area contributed by atoms with Gasteiger partial charge in [0.1, 0.15) is 11.4 Å². The van der Waals surface area contributed by atoms with Gasteiger partial charge < -0.3 is 16.7 Å². The number of nitrogens with two attached hydrogens (primary N) is 2. The minimum atomic E-state index is -0.969. The summed E-state index contributed by atoms with van der Waals surface area (Å²) in [4.78, 5) is 28.7. The second-order valence-electron chi connectivity index (χ2n) is 7.28. The highest BCUT2D eigenvalue weighted by molar-refractivity contribution is 6.40. The van der Waals surface area contributed by atoms with Crippen molar-refractivity contribution in [2.75, 3.05) is 5.73 Å². The number of hydrazone groups is 1. The Hall–Kier alpha value is -4.66. The molecule has 2 aromatic carbocycles. The second kappa shape index (κ2) is 9.23. The summed E-state index contributed by atoms with van der Waals surface area (Å²) in [7, 11) is 0. The van der Waals surface area contributed by atoms with Gasteiger partial charge in [-0.2, -0.15) is 5.10 Å². The van der Waals surface area contributed by atoms with Gasteiger partial charge in [-0.1, -0.05) is 36.4 Å². The minimum absolute atomic E-state index is 0.129. The molecule has 0 aliphatic rings. The van der Waals surface area contributed by atoms with Crippen LogP contribution in [0.5, 0.6) is 0 Å². The predicted molar refractivity (Wildman–Crippen MR) is 128 cm³/mol. The summed E-state index contributed by atoms with van der Waals surface area (Å²) in [6.45, 7) is 2.23. The number of carboxylic acid groups (broad SMARTS) is 1. The lowest BCUT2D eigenvalue weighted by Gasteiger charge is -2.08. The molecule has 9 nitrogen and oxygen atoms in total. The third-order valence-electron chi connectivity index (χ3n) is 5.03. The molecule has 0 aliphatic heterocycles. The van der Waals surface area contributed by atoms with Crippen LogP contribution >= 0.6 is 0 Å². The number of carboxylic acids is 1. The van der Waals surface area contributed by atoms with Gasteiger partial charge in [-0.05, 0) is 36.8 Å². The molecular formula is C24H21N7O2. The van der Waals surface area contributed by atoms with Crippen LogP contribution in [-0.2, 0) is 6.54 Å². The molecule has 0 atom stereocenters. The van der Waals surface area contributed by atoms with Gasteiger partial charge in [-0.15, -0.1) is 0 Å². The van der Waals surface area contributed by atoms with Gasteiger partial charge >= 0.3 is 5.97 Å². The van der Waals surface area contributed by atoms with E-state index >= 15 is 0 Å². The quantitative estimate of drug-likeness (QED) is 0.237. The number of nitrogen functional groups attached to an aromatic ring is 1. The third-order valence-corrected chi connectivity index (χ3v) is 5.03. The Morgan fingerprint density at radius 3 is 2.52 bits per heavy atom. The largest absolute Gasteiger partial charge is 0.478 e. The Morgan fingerprint density at radius 1 is 1.03 bits per heavy atom. The lowest BCUT2D eigenvalue weighted by atomic mass is 10.1. The van der Waals surface area contributed by atoms with Crippen molar-refractivity contribution in [3.05, 3.63) is 83.2 Å². The van der Waals surface area contributed by atoms with Crippen molar-refractivity contribution < 1.29 is 9.90 Å². The second-order valence-corrected chi connectivity index (χ2v) is 7.28.